The third-order valence-electron chi connectivity index (χ3n) is 2.43. The molecule has 0 saturated carbocycles. The van der Waals surface area contributed by atoms with E-state index in [-0.39, 0.29) is 5.82 Å². The van der Waals surface area contributed by atoms with Gasteiger partial charge in [-0.3, -0.25) is 4.21 Å². The van der Waals surface area contributed by atoms with Crippen LogP contribution >= 0.6 is 0 Å². The highest BCUT2D eigenvalue weighted by molar-refractivity contribution is 7.87. The van der Waals surface area contributed by atoms with E-state index in [0.717, 1.165) is 11.1 Å². The van der Waals surface area contributed by atoms with Gasteiger partial charge >= 0.3 is 0 Å². The lowest BCUT2D eigenvalue weighted by Gasteiger charge is -1.97. The highest BCUT2D eigenvalue weighted by Crippen LogP contribution is 2.08. The average molecular weight is 260 g/mol. The Labute approximate surface area is 108 Å². The lowest BCUT2D eigenvalue weighted by atomic mass is 10.2. The highest BCUT2D eigenvalue weighted by atomic mass is 32.2. The van der Waals surface area contributed by atoms with Crippen LogP contribution in [0.2, 0.25) is 0 Å². The van der Waals surface area contributed by atoms with E-state index in [1.165, 1.54) is 12.1 Å². The fraction of sp³-hybridized carbons (Fsp3) is 0.0667. The molecule has 1 nitrogen and oxygen atoms in total. The summed E-state index contributed by atoms with van der Waals surface area (Å²) in [5.74, 6) is 0.232. The molecule has 0 aliphatic heterocycles. The molecule has 0 aromatic heterocycles. The number of rotatable bonds is 4. The van der Waals surface area contributed by atoms with Crippen LogP contribution in [0.5, 0.6) is 0 Å². The fourth-order valence-corrected chi connectivity index (χ4v) is 2.44. The predicted octanol–water partition coefficient (Wildman–Crippen LogP) is 3.75. The van der Waals surface area contributed by atoms with Crippen molar-refractivity contribution in [3.8, 4) is 0 Å². The van der Waals surface area contributed by atoms with E-state index in [4.69, 9.17) is 0 Å². The molecule has 0 amide bonds. The molecule has 0 aliphatic rings. The van der Waals surface area contributed by atoms with E-state index < -0.39 is 10.8 Å². The first-order chi connectivity index (χ1) is 8.74. The molecule has 92 valence electrons. The Balaban J connectivity index is 1.97. The van der Waals surface area contributed by atoms with E-state index in [1.54, 1.807) is 23.6 Å². The molecule has 2 aromatic carbocycles. The summed E-state index contributed by atoms with van der Waals surface area (Å²) in [7, 11) is -1.05. The molecule has 1 unspecified atom stereocenters. The number of hydrogen-bond acceptors (Lipinski definition) is 1. The number of hydrogen-bond donors (Lipinski definition) is 0. The number of halogens is 1. The maximum atomic E-state index is 12.7. The molecule has 0 bridgehead atoms. The minimum atomic E-state index is -1.05. The molecule has 1 atom stereocenters. The van der Waals surface area contributed by atoms with Gasteiger partial charge in [0.2, 0.25) is 0 Å². The maximum absolute atomic E-state index is 12.7. The van der Waals surface area contributed by atoms with Crippen LogP contribution in [0.15, 0.2) is 60.0 Å². The van der Waals surface area contributed by atoms with Crippen LogP contribution < -0.4 is 0 Å². The van der Waals surface area contributed by atoms with Crippen molar-refractivity contribution in [2.75, 3.05) is 0 Å². The standard InChI is InChI=1S/C15H13FOS/c16-15-8-6-13(7-9-15)10-11-18(17)12-14-4-2-1-3-5-14/h1-11H,12H2/b11-10+. The monoisotopic (exact) mass is 260 g/mol. The molecular formula is C15H13FOS. The fourth-order valence-electron chi connectivity index (χ4n) is 1.51. The summed E-state index contributed by atoms with van der Waals surface area (Å²) in [6.45, 7) is 0. The Morgan fingerprint density at radius 2 is 1.67 bits per heavy atom. The molecule has 2 aromatic rings. The third-order valence-corrected chi connectivity index (χ3v) is 3.49. The smallest absolute Gasteiger partial charge is 0.123 e. The second kappa shape index (κ2) is 6.26. The Morgan fingerprint density at radius 1 is 1.00 bits per heavy atom. The van der Waals surface area contributed by atoms with Crippen LogP contribution in [0.25, 0.3) is 6.08 Å². The van der Waals surface area contributed by atoms with Gasteiger partial charge in [-0.2, -0.15) is 0 Å². The summed E-state index contributed by atoms with van der Waals surface area (Å²) in [6, 6.07) is 15.8. The van der Waals surface area contributed by atoms with Crippen molar-refractivity contribution in [2.24, 2.45) is 0 Å². The van der Waals surface area contributed by atoms with Crippen molar-refractivity contribution in [3.05, 3.63) is 76.9 Å². The number of benzene rings is 2. The van der Waals surface area contributed by atoms with Crippen LogP contribution in [-0.2, 0) is 16.6 Å². The zero-order valence-corrected chi connectivity index (χ0v) is 10.6. The molecule has 2 rings (SSSR count). The van der Waals surface area contributed by atoms with Crippen molar-refractivity contribution in [2.45, 2.75) is 5.75 Å². The lowest BCUT2D eigenvalue weighted by molar-refractivity contribution is 0.628. The van der Waals surface area contributed by atoms with Crippen LogP contribution in [0.3, 0.4) is 0 Å². The molecule has 0 radical (unpaired) electrons. The van der Waals surface area contributed by atoms with Crippen LogP contribution in [0, 0.1) is 5.82 Å². The summed E-state index contributed by atoms with van der Waals surface area (Å²) in [6.07, 6.45) is 1.75. The lowest BCUT2D eigenvalue weighted by Crippen LogP contribution is -1.90. The second-order valence-corrected chi connectivity index (χ2v) is 5.19. The van der Waals surface area contributed by atoms with Gasteiger partial charge in [-0.05, 0) is 29.3 Å². The summed E-state index contributed by atoms with van der Waals surface area (Å²) in [4.78, 5) is 0. The first-order valence-corrected chi connectivity index (χ1v) is 6.97. The molecule has 0 N–H and O–H groups in total. The van der Waals surface area contributed by atoms with E-state index >= 15 is 0 Å². The SMILES string of the molecule is O=S(/C=C/c1ccc(F)cc1)Cc1ccccc1. The zero-order valence-electron chi connectivity index (χ0n) is 9.75. The molecule has 0 saturated heterocycles. The van der Waals surface area contributed by atoms with Crippen LogP contribution in [0.4, 0.5) is 4.39 Å². The van der Waals surface area contributed by atoms with E-state index in [9.17, 15) is 8.60 Å². The highest BCUT2D eigenvalue weighted by Gasteiger charge is 1.97. The van der Waals surface area contributed by atoms with Gasteiger partial charge in [0.15, 0.2) is 0 Å². The zero-order chi connectivity index (χ0) is 12.8. The largest absolute Gasteiger partial charge is 0.255 e. The van der Waals surface area contributed by atoms with Gasteiger partial charge in [-0.1, -0.05) is 42.5 Å². The Bertz CT molecular complexity index is 546. The summed E-state index contributed by atoms with van der Waals surface area (Å²) in [5.41, 5.74) is 1.89. The van der Waals surface area contributed by atoms with Gasteiger partial charge in [0.05, 0.1) is 16.6 Å². The van der Waals surface area contributed by atoms with Crippen LogP contribution in [-0.4, -0.2) is 4.21 Å². The average Bonchev–Trinajstić information content (AvgIpc) is 2.39. The molecule has 0 heterocycles. The van der Waals surface area contributed by atoms with Gasteiger partial charge in [0, 0.05) is 5.41 Å². The maximum Gasteiger partial charge on any atom is 0.123 e. The molecular weight excluding hydrogens is 247 g/mol. The van der Waals surface area contributed by atoms with Gasteiger partial charge < -0.3 is 0 Å². The van der Waals surface area contributed by atoms with Crippen molar-refractivity contribution >= 4 is 16.9 Å². The van der Waals surface area contributed by atoms with E-state index in [1.807, 2.05) is 30.3 Å². The molecule has 3 heteroatoms. The van der Waals surface area contributed by atoms with Gasteiger partial charge in [-0.15, -0.1) is 0 Å². The van der Waals surface area contributed by atoms with Crippen molar-refractivity contribution in [1.82, 2.24) is 0 Å². The molecule has 0 aliphatic carbocycles. The topological polar surface area (TPSA) is 17.1 Å². The Hall–Kier alpha value is -1.74. The van der Waals surface area contributed by atoms with Gasteiger partial charge in [0.25, 0.3) is 0 Å². The minimum absolute atomic E-state index is 0.266. The summed E-state index contributed by atoms with van der Waals surface area (Å²) in [5, 5.41) is 1.64. The second-order valence-electron chi connectivity index (χ2n) is 3.86. The Morgan fingerprint density at radius 3 is 2.33 bits per heavy atom. The molecule has 18 heavy (non-hydrogen) atoms. The molecule has 0 fully saturated rings. The van der Waals surface area contributed by atoms with E-state index in [0.29, 0.717) is 5.75 Å². The first-order valence-electron chi connectivity index (χ1n) is 5.59. The predicted molar refractivity (Wildman–Crippen MR) is 73.7 cm³/mol. The molecule has 0 spiro atoms. The summed E-state index contributed by atoms with van der Waals surface area (Å²) >= 11 is 0. The van der Waals surface area contributed by atoms with Gasteiger partial charge in [-0.25, -0.2) is 4.39 Å². The normalized spacial score (nSPS) is 12.7. The van der Waals surface area contributed by atoms with Crippen molar-refractivity contribution in [1.29, 1.82) is 0 Å². The Kier molecular flexibility index (Phi) is 4.42. The van der Waals surface area contributed by atoms with Crippen molar-refractivity contribution < 1.29 is 8.60 Å². The van der Waals surface area contributed by atoms with Crippen molar-refractivity contribution in [3.63, 3.8) is 0 Å². The van der Waals surface area contributed by atoms with E-state index in [2.05, 4.69) is 0 Å². The minimum Gasteiger partial charge on any atom is -0.255 e. The van der Waals surface area contributed by atoms with Gasteiger partial charge in [0.1, 0.15) is 5.82 Å². The first kappa shape index (κ1) is 12.7. The summed E-state index contributed by atoms with van der Waals surface area (Å²) < 4.78 is 24.5. The third kappa shape index (κ3) is 3.93. The van der Waals surface area contributed by atoms with Crippen LogP contribution in [0.1, 0.15) is 11.1 Å². The quantitative estimate of drug-likeness (QED) is 0.818.